The number of benzene rings is 2. The maximum absolute atomic E-state index is 12.7. The minimum absolute atomic E-state index is 0.230. The molecule has 2 aromatic carbocycles. The molecule has 2 aliphatic heterocycles. The predicted octanol–water partition coefficient (Wildman–Crippen LogP) is 3.60. The number of carbonyl (C=O) groups excluding carboxylic acids is 1. The van der Waals surface area contributed by atoms with Crippen molar-refractivity contribution in [1.82, 2.24) is 9.80 Å². The molecule has 0 saturated carbocycles. The van der Waals surface area contributed by atoms with Gasteiger partial charge < -0.3 is 20.0 Å². The van der Waals surface area contributed by atoms with Gasteiger partial charge in [-0.1, -0.05) is 42.5 Å². The summed E-state index contributed by atoms with van der Waals surface area (Å²) in [5.74, 6) is -0.701. The summed E-state index contributed by atoms with van der Waals surface area (Å²) in [4.78, 5) is 37.5. The molecule has 180 valence electrons. The first kappa shape index (κ1) is 25.9. The highest BCUT2D eigenvalue weighted by Gasteiger charge is 2.26. The number of rotatable bonds is 5. The first-order valence-electron chi connectivity index (χ1n) is 10.9. The highest BCUT2D eigenvalue weighted by atomic mass is 32.2. The Morgan fingerprint density at radius 2 is 1.53 bits per heavy atom. The SMILES string of the molecule is CN1CCN(C(=O)CSC2c3ccccc3CSc3ccccc32)CC1.O=C(O)/C=C\C(=O)O. The third-order valence-electron chi connectivity index (χ3n) is 5.52. The van der Waals surface area contributed by atoms with Crippen molar-refractivity contribution in [3.8, 4) is 0 Å². The van der Waals surface area contributed by atoms with Gasteiger partial charge in [-0.05, 0) is 29.8 Å². The van der Waals surface area contributed by atoms with Crippen LogP contribution in [-0.2, 0) is 20.1 Å². The molecule has 1 amide bonds. The molecule has 1 atom stereocenters. The molecule has 2 aromatic rings. The van der Waals surface area contributed by atoms with Crippen LogP contribution >= 0.6 is 23.5 Å². The molecule has 4 rings (SSSR count). The van der Waals surface area contributed by atoms with Crippen molar-refractivity contribution in [2.24, 2.45) is 0 Å². The van der Waals surface area contributed by atoms with Gasteiger partial charge in [0.15, 0.2) is 0 Å². The van der Waals surface area contributed by atoms with Crippen molar-refractivity contribution in [3.63, 3.8) is 0 Å². The molecule has 0 bridgehead atoms. The molecule has 0 radical (unpaired) electrons. The second-order valence-corrected chi connectivity index (χ2v) is 10.0. The first-order valence-corrected chi connectivity index (χ1v) is 12.9. The number of carboxylic acids is 2. The lowest BCUT2D eigenvalue weighted by atomic mass is 10.0. The molecule has 9 heteroatoms. The summed E-state index contributed by atoms with van der Waals surface area (Å²) < 4.78 is 0. The maximum Gasteiger partial charge on any atom is 0.328 e. The normalized spacial score (nSPS) is 17.7. The first-order chi connectivity index (χ1) is 16.3. The van der Waals surface area contributed by atoms with Gasteiger partial charge in [-0.25, -0.2) is 9.59 Å². The van der Waals surface area contributed by atoms with Crippen molar-refractivity contribution in [2.45, 2.75) is 15.9 Å². The van der Waals surface area contributed by atoms with E-state index in [-0.39, 0.29) is 11.2 Å². The lowest BCUT2D eigenvalue weighted by Crippen LogP contribution is -2.47. The molecule has 2 heterocycles. The monoisotopic (exact) mass is 500 g/mol. The summed E-state index contributed by atoms with van der Waals surface area (Å²) in [5, 5.41) is 15.9. The number of hydrogen-bond donors (Lipinski definition) is 2. The van der Waals surface area contributed by atoms with Crippen LogP contribution < -0.4 is 0 Å². The van der Waals surface area contributed by atoms with Crippen molar-refractivity contribution in [2.75, 3.05) is 39.0 Å². The molecule has 2 N–H and O–H groups in total. The number of amides is 1. The van der Waals surface area contributed by atoms with Gasteiger partial charge in [-0.3, -0.25) is 4.79 Å². The van der Waals surface area contributed by atoms with Gasteiger partial charge in [0.25, 0.3) is 0 Å². The Hall–Kier alpha value is -2.75. The zero-order valence-electron chi connectivity index (χ0n) is 18.9. The number of carboxylic acid groups (broad SMARTS) is 2. The number of carbonyl (C=O) groups is 3. The van der Waals surface area contributed by atoms with E-state index in [1.165, 1.54) is 21.6 Å². The van der Waals surface area contributed by atoms with Crippen LogP contribution in [-0.4, -0.2) is 76.8 Å². The number of thioether (sulfide) groups is 2. The molecule has 1 unspecified atom stereocenters. The molecule has 34 heavy (non-hydrogen) atoms. The van der Waals surface area contributed by atoms with Crippen molar-refractivity contribution >= 4 is 41.4 Å². The van der Waals surface area contributed by atoms with Gasteiger partial charge in [-0.2, -0.15) is 0 Å². The zero-order chi connectivity index (χ0) is 24.5. The predicted molar refractivity (Wildman–Crippen MR) is 135 cm³/mol. The third kappa shape index (κ3) is 7.38. The molecular formula is C25H28N2O5S2. The second-order valence-electron chi connectivity index (χ2n) is 7.91. The molecule has 7 nitrogen and oxygen atoms in total. The standard InChI is InChI=1S/C21H24N2OS2.C4H4O4/c1-22-10-12-23(13-11-22)20(24)15-26-21-17-7-3-2-6-16(17)14-25-19-9-5-4-8-18(19)21;5-3(6)1-2-4(7)8/h2-9,21H,10-15H2,1H3;1-2H,(H,5,6)(H,7,8)/b;2-1-. The number of aliphatic carboxylic acids is 2. The second kappa shape index (κ2) is 12.6. The van der Waals surface area contributed by atoms with Gasteiger partial charge >= 0.3 is 11.9 Å². The van der Waals surface area contributed by atoms with Crippen LogP contribution in [0.2, 0.25) is 0 Å². The zero-order valence-corrected chi connectivity index (χ0v) is 20.6. The average molecular weight is 501 g/mol. The Morgan fingerprint density at radius 1 is 0.941 bits per heavy atom. The fraction of sp³-hybridized carbons (Fsp3) is 0.320. The van der Waals surface area contributed by atoms with E-state index in [0.29, 0.717) is 17.9 Å². The number of piperazine rings is 1. The molecule has 2 aliphatic rings. The fourth-order valence-electron chi connectivity index (χ4n) is 3.70. The minimum Gasteiger partial charge on any atom is -0.478 e. The number of nitrogens with zero attached hydrogens (tertiary/aromatic N) is 2. The summed E-state index contributed by atoms with van der Waals surface area (Å²) in [5.41, 5.74) is 4.10. The van der Waals surface area contributed by atoms with Gasteiger partial charge in [0.05, 0.1) is 11.0 Å². The lowest BCUT2D eigenvalue weighted by molar-refractivity contribution is -0.134. The van der Waals surface area contributed by atoms with Crippen LogP contribution in [0.4, 0.5) is 0 Å². The van der Waals surface area contributed by atoms with E-state index in [9.17, 15) is 14.4 Å². The van der Waals surface area contributed by atoms with E-state index >= 15 is 0 Å². The Morgan fingerprint density at radius 3 is 2.18 bits per heavy atom. The van der Waals surface area contributed by atoms with Gasteiger partial charge in [0, 0.05) is 49.0 Å². The van der Waals surface area contributed by atoms with Crippen molar-refractivity contribution in [3.05, 3.63) is 77.4 Å². The summed E-state index contributed by atoms with van der Waals surface area (Å²) in [7, 11) is 2.12. The smallest absolute Gasteiger partial charge is 0.328 e. The van der Waals surface area contributed by atoms with Crippen molar-refractivity contribution < 1.29 is 24.6 Å². The van der Waals surface area contributed by atoms with Gasteiger partial charge in [0.2, 0.25) is 5.91 Å². The highest BCUT2D eigenvalue weighted by molar-refractivity contribution is 8.00. The van der Waals surface area contributed by atoms with Crippen molar-refractivity contribution in [1.29, 1.82) is 0 Å². The Kier molecular flexibility index (Phi) is 9.62. The topological polar surface area (TPSA) is 98.2 Å². The third-order valence-corrected chi connectivity index (χ3v) is 7.91. The molecular weight excluding hydrogens is 472 g/mol. The average Bonchev–Trinajstić information content (AvgIpc) is 2.99. The summed E-state index contributed by atoms with van der Waals surface area (Å²) in [6.07, 6.45) is 1.12. The molecule has 0 spiro atoms. The number of likely N-dealkylation sites (N-methyl/N-ethyl adjacent to an activating group) is 1. The molecule has 1 saturated heterocycles. The minimum atomic E-state index is -1.26. The Labute approximate surface area is 207 Å². The molecule has 0 aliphatic carbocycles. The largest absolute Gasteiger partial charge is 0.478 e. The molecule has 0 aromatic heterocycles. The fourth-order valence-corrected chi connectivity index (χ4v) is 6.16. The van der Waals surface area contributed by atoms with E-state index < -0.39 is 11.9 Å². The van der Waals surface area contributed by atoms with Crippen LogP contribution in [0.25, 0.3) is 0 Å². The van der Waals surface area contributed by atoms with E-state index in [2.05, 4.69) is 60.5 Å². The Balaban J connectivity index is 0.000000350. The van der Waals surface area contributed by atoms with Crippen LogP contribution in [0.5, 0.6) is 0 Å². The number of fused-ring (bicyclic) bond motifs is 2. The van der Waals surface area contributed by atoms with E-state index in [0.717, 1.165) is 31.9 Å². The van der Waals surface area contributed by atoms with Crippen LogP contribution in [0, 0.1) is 0 Å². The lowest BCUT2D eigenvalue weighted by Gasteiger charge is -2.32. The van der Waals surface area contributed by atoms with E-state index in [1.54, 1.807) is 11.8 Å². The summed E-state index contributed by atoms with van der Waals surface area (Å²) in [6.45, 7) is 3.65. The Bertz CT molecular complexity index is 988. The summed E-state index contributed by atoms with van der Waals surface area (Å²) >= 11 is 3.68. The summed E-state index contributed by atoms with van der Waals surface area (Å²) in [6, 6.07) is 17.4. The van der Waals surface area contributed by atoms with Gasteiger partial charge in [0.1, 0.15) is 0 Å². The van der Waals surface area contributed by atoms with Crippen LogP contribution in [0.3, 0.4) is 0 Å². The van der Waals surface area contributed by atoms with E-state index in [1.807, 2.05) is 16.7 Å². The van der Waals surface area contributed by atoms with Crippen LogP contribution in [0.1, 0.15) is 21.9 Å². The number of hydrogen-bond acceptors (Lipinski definition) is 6. The van der Waals surface area contributed by atoms with Crippen LogP contribution in [0.15, 0.2) is 65.6 Å². The quantitative estimate of drug-likeness (QED) is 0.601. The van der Waals surface area contributed by atoms with E-state index in [4.69, 9.17) is 10.2 Å². The highest BCUT2D eigenvalue weighted by Crippen LogP contribution is 2.45. The molecule has 1 fully saturated rings. The van der Waals surface area contributed by atoms with Gasteiger partial charge in [-0.15, -0.1) is 23.5 Å². The maximum atomic E-state index is 12.7.